The van der Waals surface area contributed by atoms with Gasteiger partial charge in [-0.3, -0.25) is 0 Å². The molecule has 0 bridgehead atoms. The predicted octanol–water partition coefficient (Wildman–Crippen LogP) is 0.554. The van der Waals surface area contributed by atoms with Gasteiger partial charge in [0.05, 0.1) is 0 Å². The molecule has 0 heterocycles. The molecule has 1 atom stereocenters. The van der Waals surface area contributed by atoms with Gasteiger partial charge in [0.2, 0.25) is 0 Å². The first kappa shape index (κ1) is 11.5. The van der Waals surface area contributed by atoms with E-state index < -0.39 is 11.6 Å². The summed E-state index contributed by atoms with van der Waals surface area (Å²) in [5.41, 5.74) is -1.63. The Bertz CT molecular complexity index is 211. The average Bonchev–Trinajstić information content (AvgIpc) is 1.96. The highest BCUT2D eigenvalue weighted by Crippen LogP contribution is 2.27. The van der Waals surface area contributed by atoms with Gasteiger partial charge in [-0.25, -0.2) is 4.79 Å². The molecule has 1 aliphatic carbocycles. The lowest BCUT2D eigenvalue weighted by atomic mass is 9.85. The van der Waals surface area contributed by atoms with Gasteiger partial charge in [-0.05, 0) is 32.7 Å². The highest BCUT2D eigenvalue weighted by Gasteiger charge is 2.32. The molecule has 14 heavy (non-hydrogen) atoms. The number of aliphatic carboxylic acids is 1. The Labute approximate surface area is 84.5 Å². The summed E-state index contributed by atoms with van der Waals surface area (Å²) in [6, 6.07) is 0. The fourth-order valence-corrected chi connectivity index (χ4v) is 1.77. The predicted molar refractivity (Wildman–Crippen MR) is 53.1 cm³/mol. The van der Waals surface area contributed by atoms with E-state index in [9.17, 15) is 9.90 Å². The summed E-state index contributed by atoms with van der Waals surface area (Å²) in [6.07, 6.45) is 3.76. The van der Waals surface area contributed by atoms with Crippen molar-refractivity contribution >= 4 is 5.97 Å². The van der Waals surface area contributed by atoms with Crippen LogP contribution in [0.25, 0.3) is 0 Å². The van der Waals surface area contributed by atoms with E-state index in [1.165, 1.54) is 26.2 Å². The van der Waals surface area contributed by atoms with Crippen LogP contribution in [-0.2, 0) is 4.79 Å². The molecular weight excluding hydrogens is 182 g/mol. The maximum Gasteiger partial charge on any atom is 0.336 e. The molecule has 0 aliphatic heterocycles. The highest BCUT2D eigenvalue weighted by molar-refractivity contribution is 5.76. The Hall–Kier alpha value is -0.610. The second-order valence-electron chi connectivity index (χ2n) is 4.57. The maximum absolute atomic E-state index is 10.6. The lowest BCUT2D eigenvalue weighted by Crippen LogP contribution is -2.47. The first-order chi connectivity index (χ1) is 6.42. The molecule has 4 nitrogen and oxygen atoms in total. The van der Waals surface area contributed by atoms with Gasteiger partial charge in [0.1, 0.15) is 0 Å². The smallest absolute Gasteiger partial charge is 0.336 e. The summed E-state index contributed by atoms with van der Waals surface area (Å²) in [5, 5.41) is 18.2. The molecule has 4 heteroatoms. The molecule has 0 radical (unpaired) electrons. The fraction of sp³-hybridized carbons (Fsp3) is 0.900. The number of aliphatic hydroxyl groups is 1. The summed E-state index contributed by atoms with van der Waals surface area (Å²) in [6.45, 7) is 2.43. The molecule has 0 amide bonds. The van der Waals surface area contributed by atoms with Crippen LogP contribution in [-0.4, -0.2) is 46.8 Å². The number of carbonyl (C=O) groups is 1. The first-order valence-corrected chi connectivity index (χ1v) is 5.06. The Kier molecular flexibility index (Phi) is 3.50. The third-order valence-electron chi connectivity index (χ3n) is 2.83. The quantitative estimate of drug-likeness (QED) is 0.682. The van der Waals surface area contributed by atoms with E-state index in [2.05, 4.69) is 0 Å². The van der Waals surface area contributed by atoms with E-state index in [1.807, 2.05) is 11.9 Å². The minimum Gasteiger partial charge on any atom is -0.479 e. The van der Waals surface area contributed by atoms with Crippen molar-refractivity contribution in [3.05, 3.63) is 0 Å². The summed E-state index contributed by atoms with van der Waals surface area (Å²) in [7, 11) is 1.86. The van der Waals surface area contributed by atoms with Gasteiger partial charge in [-0.1, -0.05) is 6.42 Å². The van der Waals surface area contributed by atoms with Crippen LogP contribution in [0.2, 0.25) is 0 Å². The Morgan fingerprint density at radius 2 is 2.14 bits per heavy atom. The standard InChI is InChI=1S/C10H19NO3/c1-10(14,9(12)13)7-11(2)6-8-4-3-5-8/h8,14H,3-7H2,1-2H3,(H,12,13). The average molecular weight is 201 g/mol. The van der Waals surface area contributed by atoms with Gasteiger partial charge in [0.15, 0.2) is 5.60 Å². The number of hydrogen-bond donors (Lipinski definition) is 2. The van der Waals surface area contributed by atoms with Gasteiger partial charge < -0.3 is 15.1 Å². The minimum atomic E-state index is -1.63. The van der Waals surface area contributed by atoms with Gasteiger partial charge in [-0.2, -0.15) is 0 Å². The molecule has 1 fully saturated rings. The summed E-state index contributed by atoms with van der Waals surface area (Å²) < 4.78 is 0. The SMILES string of the molecule is CN(CC1CCC1)CC(C)(O)C(=O)O. The molecule has 0 aromatic carbocycles. The van der Waals surface area contributed by atoms with Crippen LogP contribution in [0.15, 0.2) is 0 Å². The third kappa shape index (κ3) is 2.96. The van der Waals surface area contributed by atoms with Crippen LogP contribution in [0.1, 0.15) is 26.2 Å². The van der Waals surface area contributed by atoms with E-state index >= 15 is 0 Å². The van der Waals surface area contributed by atoms with Crippen molar-refractivity contribution in [1.29, 1.82) is 0 Å². The van der Waals surface area contributed by atoms with Crippen LogP contribution < -0.4 is 0 Å². The van der Waals surface area contributed by atoms with Gasteiger partial charge in [0.25, 0.3) is 0 Å². The topological polar surface area (TPSA) is 60.8 Å². The number of rotatable bonds is 5. The second-order valence-corrected chi connectivity index (χ2v) is 4.57. The van der Waals surface area contributed by atoms with Crippen molar-refractivity contribution in [3.8, 4) is 0 Å². The largest absolute Gasteiger partial charge is 0.479 e. The van der Waals surface area contributed by atoms with Gasteiger partial charge in [0, 0.05) is 13.1 Å². The first-order valence-electron chi connectivity index (χ1n) is 5.06. The summed E-state index contributed by atoms with van der Waals surface area (Å²) in [4.78, 5) is 12.5. The van der Waals surface area contributed by atoms with Crippen LogP contribution in [0.5, 0.6) is 0 Å². The molecule has 0 aromatic rings. The minimum absolute atomic E-state index is 0.193. The van der Waals surface area contributed by atoms with Crippen LogP contribution in [0.4, 0.5) is 0 Å². The molecule has 2 N–H and O–H groups in total. The Morgan fingerprint density at radius 1 is 1.57 bits per heavy atom. The van der Waals surface area contributed by atoms with Gasteiger partial charge in [-0.15, -0.1) is 0 Å². The van der Waals surface area contributed by atoms with E-state index in [4.69, 9.17) is 5.11 Å². The number of likely N-dealkylation sites (N-methyl/N-ethyl adjacent to an activating group) is 1. The van der Waals surface area contributed by atoms with Crippen LogP contribution in [0, 0.1) is 5.92 Å². The zero-order chi connectivity index (χ0) is 10.8. The third-order valence-corrected chi connectivity index (χ3v) is 2.83. The maximum atomic E-state index is 10.6. The molecule has 82 valence electrons. The molecular formula is C10H19NO3. The number of hydrogen-bond acceptors (Lipinski definition) is 3. The highest BCUT2D eigenvalue weighted by atomic mass is 16.4. The van der Waals surface area contributed by atoms with E-state index in [0.29, 0.717) is 5.92 Å². The van der Waals surface area contributed by atoms with Gasteiger partial charge >= 0.3 is 5.97 Å². The molecule has 1 unspecified atom stereocenters. The zero-order valence-electron chi connectivity index (χ0n) is 8.86. The van der Waals surface area contributed by atoms with E-state index in [-0.39, 0.29) is 6.54 Å². The molecule has 0 saturated heterocycles. The Balaban J connectivity index is 2.30. The van der Waals surface area contributed by atoms with Crippen LogP contribution >= 0.6 is 0 Å². The molecule has 0 aromatic heterocycles. The number of carboxylic acids is 1. The summed E-state index contributed by atoms with van der Waals surface area (Å²) >= 11 is 0. The summed E-state index contributed by atoms with van der Waals surface area (Å²) in [5.74, 6) is -0.456. The number of carboxylic acid groups (broad SMARTS) is 1. The molecule has 1 rings (SSSR count). The Morgan fingerprint density at radius 3 is 2.50 bits per heavy atom. The van der Waals surface area contributed by atoms with Crippen molar-refractivity contribution < 1.29 is 15.0 Å². The normalized spacial score (nSPS) is 21.7. The van der Waals surface area contributed by atoms with E-state index in [1.54, 1.807) is 0 Å². The van der Waals surface area contributed by atoms with Crippen molar-refractivity contribution in [1.82, 2.24) is 4.90 Å². The lowest BCUT2D eigenvalue weighted by molar-refractivity contribution is -0.158. The zero-order valence-corrected chi connectivity index (χ0v) is 8.86. The van der Waals surface area contributed by atoms with Crippen molar-refractivity contribution in [2.45, 2.75) is 31.8 Å². The fourth-order valence-electron chi connectivity index (χ4n) is 1.77. The number of nitrogens with zero attached hydrogens (tertiary/aromatic N) is 1. The van der Waals surface area contributed by atoms with Crippen molar-refractivity contribution in [2.24, 2.45) is 5.92 Å². The van der Waals surface area contributed by atoms with Crippen LogP contribution in [0.3, 0.4) is 0 Å². The molecule has 1 saturated carbocycles. The van der Waals surface area contributed by atoms with Crippen molar-refractivity contribution in [3.63, 3.8) is 0 Å². The van der Waals surface area contributed by atoms with Crippen molar-refractivity contribution in [2.75, 3.05) is 20.1 Å². The second kappa shape index (κ2) is 4.28. The monoisotopic (exact) mass is 201 g/mol. The lowest BCUT2D eigenvalue weighted by Gasteiger charge is -2.32. The van der Waals surface area contributed by atoms with E-state index in [0.717, 1.165) is 6.54 Å². The molecule has 1 aliphatic rings. The molecule has 0 spiro atoms.